The van der Waals surface area contributed by atoms with E-state index in [-0.39, 0.29) is 0 Å². The van der Waals surface area contributed by atoms with Crippen molar-refractivity contribution in [1.82, 2.24) is 0 Å². The number of nitrogens with two attached hydrogens (primary N) is 1. The minimum atomic E-state index is 0.480. The van der Waals surface area contributed by atoms with Gasteiger partial charge in [0.15, 0.2) is 0 Å². The Labute approximate surface area is 92.6 Å². The van der Waals surface area contributed by atoms with Gasteiger partial charge in [-0.25, -0.2) is 0 Å². The van der Waals surface area contributed by atoms with Crippen molar-refractivity contribution in [3.05, 3.63) is 30.8 Å². The van der Waals surface area contributed by atoms with Crippen LogP contribution in [0.4, 0.5) is 0 Å². The summed E-state index contributed by atoms with van der Waals surface area (Å²) in [5.41, 5.74) is 6.46. The van der Waals surface area contributed by atoms with Gasteiger partial charge in [-0.1, -0.05) is 27.5 Å². The van der Waals surface area contributed by atoms with Crippen molar-refractivity contribution < 1.29 is 0 Å². The first-order chi connectivity index (χ1) is 5.15. The lowest BCUT2D eigenvalue weighted by Crippen LogP contribution is -1.98. The molecule has 0 aliphatic rings. The summed E-state index contributed by atoms with van der Waals surface area (Å²) in [6, 6.07) is 3.90. The van der Waals surface area contributed by atoms with E-state index in [0.717, 1.165) is 18.6 Å². The molecule has 0 atom stereocenters. The standard InChI is InChI=1S/C7H6BrClIN/c8-5-1-4(3-11)7(9)6(10)2-5/h1-2H,3,11H2. The van der Waals surface area contributed by atoms with E-state index in [1.165, 1.54) is 0 Å². The molecule has 11 heavy (non-hydrogen) atoms. The summed E-state index contributed by atoms with van der Waals surface area (Å²) >= 11 is 11.5. The Bertz CT molecular complexity index is 277. The molecule has 4 heteroatoms. The maximum Gasteiger partial charge on any atom is 0.0585 e. The van der Waals surface area contributed by atoms with Crippen LogP contribution < -0.4 is 5.73 Å². The van der Waals surface area contributed by atoms with Gasteiger partial charge >= 0.3 is 0 Å². The van der Waals surface area contributed by atoms with Crippen molar-refractivity contribution in [2.24, 2.45) is 5.73 Å². The molecule has 60 valence electrons. The van der Waals surface area contributed by atoms with Crippen molar-refractivity contribution in [1.29, 1.82) is 0 Å². The Hall–Kier alpha value is 0.680. The predicted molar refractivity (Wildman–Crippen MR) is 59.8 cm³/mol. The second-order valence-corrected chi connectivity index (χ2v) is 4.52. The minimum Gasteiger partial charge on any atom is -0.326 e. The molecule has 0 heterocycles. The highest BCUT2D eigenvalue weighted by Gasteiger charge is 2.03. The second-order valence-electron chi connectivity index (χ2n) is 2.06. The monoisotopic (exact) mass is 345 g/mol. The predicted octanol–water partition coefficient (Wildman–Crippen LogP) is 3.17. The topological polar surface area (TPSA) is 26.0 Å². The quantitative estimate of drug-likeness (QED) is 0.613. The zero-order chi connectivity index (χ0) is 8.43. The number of hydrogen-bond acceptors (Lipinski definition) is 1. The molecule has 1 aromatic rings. The fourth-order valence-electron chi connectivity index (χ4n) is 0.758. The zero-order valence-corrected chi connectivity index (χ0v) is 10.1. The highest BCUT2D eigenvalue weighted by molar-refractivity contribution is 14.1. The maximum atomic E-state index is 5.96. The van der Waals surface area contributed by atoms with Gasteiger partial charge in [-0.2, -0.15) is 0 Å². The van der Waals surface area contributed by atoms with Crippen molar-refractivity contribution in [2.45, 2.75) is 6.54 Å². The fourth-order valence-corrected chi connectivity index (χ4v) is 2.56. The molecule has 1 rings (SSSR count). The molecule has 0 saturated heterocycles. The van der Waals surface area contributed by atoms with Crippen LogP contribution in [-0.4, -0.2) is 0 Å². The Kier molecular flexibility index (Phi) is 3.61. The first-order valence-corrected chi connectivity index (χ1v) is 5.23. The largest absolute Gasteiger partial charge is 0.326 e. The van der Waals surface area contributed by atoms with Crippen molar-refractivity contribution >= 4 is 50.1 Å². The van der Waals surface area contributed by atoms with Gasteiger partial charge < -0.3 is 5.73 Å². The molecule has 0 radical (unpaired) electrons. The zero-order valence-electron chi connectivity index (χ0n) is 5.57. The number of hydrogen-bond donors (Lipinski definition) is 1. The van der Waals surface area contributed by atoms with E-state index in [0.29, 0.717) is 6.54 Å². The van der Waals surface area contributed by atoms with Crippen LogP contribution in [-0.2, 0) is 6.54 Å². The summed E-state index contributed by atoms with van der Waals surface area (Å²) < 4.78 is 2.05. The van der Waals surface area contributed by atoms with Gasteiger partial charge in [0.25, 0.3) is 0 Å². The summed E-state index contributed by atoms with van der Waals surface area (Å²) in [6.07, 6.45) is 0. The van der Waals surface area contributed by atoms with Crippen LogP contribution >= 0.6 is 50.1 Å². The van der Waals surface area contributed by atoms with Crippen LogP contribution in [0.5, 0.6) is 0 Å². The lowest BCUT2D eigenvalue weighted by molar-refractivity contribution is 1.07. The molecule has 0 spiro atoms. The van der Waals surface area contributed by atoms with Crippen LogP contribution in [0, 0.1) is 3.57 Å². The highest BCUT2D eigenvalue weighted by atomic mass is 127. The average molecular weight is 346 g/mol. The molecule has 0 aromatic heterocycles. The third-order valence-corrected chi connectivity index (χ3v) is 3.36. The van der Waals surface area contributed by atoms with Crippen molar-refractivity contribution in [3.63, 3.8) is 0 Å². The molecule has 0 amide bonds. The Balaban J connectivity index is 3.24. The molecule has 2 N–H and O–H groups in total. The smallest absolute Gasteiger partial charge is 0.0585 e. The van der Waals surface area contributed by atoms with E-state index >= 15 is 0 Å². The van der Waals surface area contributed by atoms with E-state index in [4.69, 9.17) is 17.3 Å². The molecular weight excluding hydrogens is 340 g/mol. The number of benzene rings is 1. The summed E-state index contributed by atoms with van der Waals surface area (Å²) in [5.74, 6) is 0. The Morgan fingerprint density at radius 3 is 2.73 bits per heavy atom. The second kappa shape index (κ2) is 4.07. The average Bonchev–Trinajstić information content (AvgIpc) is 1.96. The Morgan fingerprint density at radius 1 is 1.55 bits per heavy atom. The van der Waals surface area contributed by atoms with Crippen LogP contribution in [0.1, 0.15) is 5.56 Å². The van der Waals surface area contributed by atoms with Crippen molar-refractivity contribution in [3.8, 4) is 0 Å². The van der Waals surface area contributed by atoms with E-state index in [1.54, 1.807) is 0 Å². The maximum absolute atomic E-state index is 5.96. The van der Waals surface area contributed by atoms with Crippen LogP contribution in [0.15, 0.2) is 16.6 Å². The molecular formula is C7H6BrClIN. The number of halogens is 3. The van der Waals surface area contributed by atoms with Crippen LogP contribution in [0.3, 0.4) is 0 Å². The summed E-state index contributed by atoms with van der Waals surface area (Å²) in [5, 5.41) is 0.760. The molecule has 1 nitrogen and oxygen atoms in total. The fraction of sp³-hybridized carbons (Fsp3) is 0.143. The minimum absolute atomic E-state index is 0.480. The van der Waals surface area contributed by atoms with E-state index in [1.807, 2.05) is 12.1 Å². The van der Waals surface area contributed by atoms with Gasteiger partial charge in [-0.05, 0) is 40.3 Å². The van der Waals surface area contributed by atoms with Gasteiger partial charge in [0.05, 0.1) is 5.02 Å². The Morgan fingerprint density at radius 2 is 2.18 bits per heavy atom. The highest BCUT2D eigenvalue weighted by Crippen LogP contribution is 2.26. The van der Waals surface area contributed by atoms with Crippen molar-refractivity contribution in [2.75, 3.05) is 0 Å². The van der Waals surface area contributed by atoms with Gasteiger partial charge in [0.2, 0.25) is 0 Å². The summed E-state index contributed by atoms with van der Waals surface area (Å²) in [7, 11) is 0. The molecule has 0 aliphatic heterocycles. The van der Waals surface area contributed by atoms with E-state index in [9.17, 15) is 0 Å². The van der Waals surface area contributed by atoms with Gasteiger partial charge in [-0.3, -0.25) is 0 Å². The van der Waals surface area contributed by atoms with E-state index < -0.39 is 0 Å². The normalized spacial score (nSPS) is 10.2. The molecule has 0 unspecified atom stereocenters. The third-order valence-electron chi connectivity index (χ3n) is 1.29. The molecule has 0 aliphatic carbocycles. The number of rotatable bonds is 1. The van der Waals surface area contributed by atoms with Gasteiger partial charge in [0, 0.05) is 14.6 Å². The van der Waals surface area contributed by atoms with Gasteiger partial charge in [-0.15, -0.1) is 0 Å². The third kappa shape index (κ3) is 2.31. The first kappa shape index (κ1) is 9.77. The molecule has 1 aromatic carbocycles. The SMILES string of the molecule is NCc1cc(Br)cc(I)c1Cl. The first-order valence-electron chi connectivity index (χ1n) is 2.98. The van der Waals surface area contributed by atoms with Crippen LogP contribution in [0.25, 0.3) is 0 Å². The van der Waals surface area contributed by atoms with E-state index in [2.05, 4.69) is 38.5 Å². The lowest BCUT2D eigenvalue weighted by atomic mass is 10.2. The van der Waals surface area contributed by atoms with Gasteiger partial charge in [0.1, 0.15) is 0 Å². The lowest BCUT2D eigenvalue weighted by Gasteiger charge is -2.03. The summed E-state index contributed by atoms with van der Waals surface area (Å²) in [4.78, 5) is 0. The summed E-state index contributed by atoms with van der Waals surface area (Å²) in [6.45, 7) is 0.480. The van der Waals surface area contributed by atoms with Crippen LogP contribution in [0.2, 0.25) is 5.02 Å². The molecule has 0 saturated carbocycles. The molecule has 0 bridgehead atoms. The molecule has 0 fully saturated rings.